The molecule has 2 aromatic heterocycles. The molecule has 2 aromatic rings. The number of ether oxygens (including phenoxy) is 3. The van der Waals surface area contributed by atoms with Crippen molar-refractivity contribution in [3.05, 3.63) is 12.7 Å². The molecular formula is C32H57N9O19P2. The molecule has 0 aliphatic carbocycles. The number of aromatic nitrogens is 4. The molecule has 0 radical (unpaired) electrons. The number of aliphatic hydroxyl groups excluding tert-OH is 1. The fourth-order valence-corrected chi connectivity index (χ4v) is 7.33. The molecule has 13 N–H and O–H groups in total. The standard InChI is InChI=1S/C20H29N7O17P2.C10H20O2.C2H8N2/c21-18-15-19(23-8-22-18)27(9-24-15)20-16(35)17(10(42-20)7-41-46(39,40)44-45(36,37)38)43-14(34)6-26(5-13(32)33)2-1-25(3-11(28)29)4-12(30)31;1-5-10(6-2,7-3)9(11)12-8-4;3-1-2-4/h8-10,16-17,20,35H,1-7H2,(H,28,29)(H,30,31)(H,32,33)(H,39,40)(H2,21,22,23)(H2,36,37,38);5-8H2,1-4H3;1-4H2/t10-,16-,17-,20-;;/m1../s1. The number of aliphatic hydroxyl groups is 1. The van der Waals surface area contributed by atoms with Crippen molar-refractivity contribution in [2.75, 3.05) is 71.3 Å². The Hall–Kier alpha value is -4.28. The van der Waals surface area contributed by atoms with Crippen LogP contribution in [0.5, 0.6) is 0 Å². The first-order valence-electron chi connectivity index (χ1n) is 18.8. The van der Waals surface area contributed by atoms with Gasteiger partial charge >= 0.3 is 45.5 Å². The lowest BCUT2D eigenvalue weighted by molar-refractivity contribution is -0.159. The maximum Gasteiger partial charge on any atom is 0.481 e. The molecule has 3 rings (SSSR count). The van der Waals surface area contributed by atoms with Crippen LogP contribution in [0.3, 0.4) is 0 Å². The molecule has 0 amide bonds. The molecule has 3 heterocycles. The number of anilines is 1. The Morgan fingerprint density at radius 1 is 0.855 bits per heavy atom. The highest BCUT2D eigenvalue weighted by molar-refractivity contribution is 7.60. The Morgan fingerprint density at radius 2 is 1.37 bits per heavy atom. The van der Waals surface area contributed by atoms with E-state index in [1.807, 2.05) is 27.7 Å². The van der Waals surface area contributed by atoms with Gasteiger partial charge in [0.2, 0.25) is 0 Å². The van der Waals surface area contributed by atoms with E-state index in [-0.39, 0.29) is 41.5 Å². The van der Waals surface area contributed by atoms with E-state index in [2.05, 4.69) is 23.8 Å². The Labute approximate surface area is 355 Å². The number of imidazole rings is 1. The molecule has 1 aliphatic rings. The van der Waals surface area contributed by atoms with Crippen molar-refractivity contribution in [1.82, 2.24) is 29.3 Å². The number of phosphoric acid groups is 2. The summed E-state index contributed by atoms with van der Waals surface area (Å²) in [6.07, 6.45) is -1.84. The zero-order valence-corrected chi connectivity index (χ0v) is 36.3. The van der Waals surface area contributed by atoms with Gasteiger partial charge in [-0.1, -0.05) is 20.8 Å². The number of carboxylic acids is 3. The van der Waals surface area contributed by atoms with E-state index in [1.54, 1.807) is 0 Å². The van der Waals surface area contributed by atoms with E-state index < -0.39 is 96.8 Å². The van der Waals surface area contributed by atoms with Crippen molar-refractivity contribution < 1.29 is 91.3 Å². The summed E-state index contributed by atoms with van der Waals surface area (Å²) in [7, 11) is -10.9. The second kappa shape index (κ2) is 26.4. The van der Waals surface area contributed by atoms with Gasteiger partial charge in [0, 0.05) is 26.2 Å². The SMILES string of the molecule is CCOC(=O)C(CC)(CC)CC.NCCN.Nc1ncnc2c1ncn2[C@@H]1O[C@H](COP(=O)(O)OP(=O)(O)O)[C@@H](OC(=O)CN(CCN(CC(=O)O)CC(=O)O)CC(=O)O)[C@H]1O. The minimum absolute atomic E-state index is 0.0301. The number of carbonyl (C=O) groups is 5. The van der Waals surface area contributed by atoms with Crippen LogP contribution in [0.4, 0.5) is 5.82 Å². The van der Waals surface area contributed by atoms with Crippen molar-refractivity contribution >= 4 is 62.5 Å². The third kappa shape index (κ3) is 18.6. The molecule has 0 spiro atoms. The molecular weight excluding hydrogens is 876 g/mol. The van der Waals surface area contributed by atoms with Crippen molar-refractivity contribution in [1.29, 1.82) is 0 Å². The van der Waals surface area contributed by atoms with Gasteiger partial charge in [-0.05, 0) is 26.2 Å². The summed E-state index contributed by atoms with van der Waals surface area (Å²) in [5.41, 5.74) is 15.5. The first kappa shape index (κ1) is 55.7. The molecule has 62 heavy (non-hydrogen) atoms. The highest BCUT2D eigenvalue weighted by Crippen LogP contribution is 2.57. The predicted molar refractivity (Wildman–Crippen MR) is 212 cm³/mol. The van der Waals surface area contributed by atoms with Gasteiger partial charge in [0.1, 0.15) is 24.1 Å². The maximum absolute atomic E-state index is 13.0. The van der Waals surface area contributed by atoms with E-state index in [0.717, 1.165) is 46.3 Å². The highest BCUT2D eigenvalue weighted by atomic mass is 31.3. The van der Waals surface area contributed by atoms with Crippen LogP contribution in [0, 0.1) is 5.41 Å². The minimum Gasteiger partial charge on any atom is -0.480 e. The topological polar surface area (TPSA) is 435 Å². The highest BCUT2D eigenvalue weighted by Gasteiger charge is 2.49. The fourth-order valence-electron chi connectivity index (χ4n) is 5.73. The number of carbonyl (C=O) groups excluding carboxylic acids is 2. The van der Waals surface area contributed by atoms with Crippen LogP contribution in [0.1, 0.15) is 53.2 Å². The number of rotatable bonds is 24. The van der Waals surface area contributed by atoms with E-state index in [4.69, 9.17) is 51.4 Å². The maximum atomic E-state index is 13.0. The van der Waals surface area contributed by atoms with Crippen LogP contribution >= 0.6 is 15.6 Å². The molecule has 28 nitrogen and oxygen atoms in total. The largest absolute Gasteiger partial charge is 0.481 e. The quantitative estimate of drug-likeness (QED) is 0.0416. The number of nitrogens with zero attached hydrogens (tertiary/aromatic N) is 6. The summed E-state index contributed by atoms with van der Waals surface area (Å²) in [5.74, 6) is -5.40. The van der Waals surface area contributed by atoms with Gasteiger partial charge in [-0.2, -0.15) is 4.31 Å². The number of nitrogen functional groups attached to an aromatic ring is 1. The van der Waals surface area contributed by atoms with Crippen molar-refractivity contribution in [2.45, 2.75) is 71.5 Å². The summed E-state index contributed by atoms with van der Waals surface area (Å²) in [6.45, 7) is 5.02. The molecule has 0 bridgehead atoms. The fraction of sp³-hybridized carbons (Fsp3) is 0.688. The average Bonchev–Trinajstić information content (AvgIpc) is 3.73. The van der Waals surface area contributed by atoms with E-state index >= 15 is 0 Å². The number of esters is 2. The average molecular weight is 934 g/mol. The second-order valence-electron chi connectivity index (χ2n) is 13.2. The lowest BCUT2D eigenvalue weighted by Gasteiger charge is -2.27. The number of aliphatic carboxylic acids is 3. The Bertz CT molecular complexity index is 1840. The van der Waals surface area contributed by atoms with Crippen LogP contribution in [0.2, 0.25) is 0 Å². The summed E-state index contributed by atoms with van der Waals surface area (Å²) < 4.78 is 48.6. The monoisotopic (exact) mass is 933 g/mol. The van der Waals surface area contributed by atoms with Gasteiger partial charge in [0.25, 0.3) is 0 Å². The molecule has 1 saturated heterocycles. The summed E-state index contributed by atoms with van der Waals surface area (Å²) in [6, 6.07) is 0. The lowest BCUT2D eigenvalue weighted by atomic mass is 9.80. The van der Waals surface area contributed by atoms with E-state index in [0.29, 0.717) is 19.7 Å². The summed E-state index contributed by atoms with van der Waals surface area (Å²) >= 11 is 0. The van der Waals surface area contributed by atoms with Gasteiger partial charge in [-0.25, -0.2) is 24.1 Å². The minimum atomic E-state index is -5.51. The van der Waals surface area contributed by atoms with Gasteiger partial charge in [0.15, 0.2) is 23.8 Å². The molecule has 0 saturated carbocycles. The number of fused-ring (bicyclic) bond motifs is 1. The zero-order chi connectivity index (χ0) is 47.4. The van der Waals surface area contributed by atoms with Crippen molar-refractivity contribution in [3.8, 4) is 0 Å². The first-order valence-corrected chi connectivity index (χ1v) is 21.8. The number of hydrogen-bond acceptors (Lipinski definition) is 21. The van der Waals surface area contributed by atoms with Gasteiger partial charge in [0.05, 0.1) is 51.1 Å². The van der Waals surface area contributed by atoms with Crippen LogP contribution in [-0.2, 0) is 56.1 Å². The molecule has 5 atom stereocenters. The third-order valence-corrected chi connectivity index (χ3v) is 11.1. The Morgan fingerprint density at radius 3 is 1.82 bits per heavy atom. The van der Waals surface area contributed by atoms with Crippen LogP contribution < -0.4 is 17.2 Å². The van der Waals surface area contributed by atoms with Crippen LogP contribution in [0.15, 0.2) is 12.7 Å². The first-order chi connectivity index (χ1) is 28.9. The molecule has 30 heteroatoms. The van der Waals surface area contributed by atoms with E-state index in [1.165, 1.54) is 0 Å². The van der Waals surface area contributed by atoms with Crippen LogP contribution in [-0.4, -0.2) is 178 Å². The Balaban J connectivity index is 0.00000101. The lowest BCUT2D eigenvalue weighted by Crippen LogP contribution is -2.45. The number of nitrogens with two attached hydrogens (primary N) is 3. The number of hydrogen-bond donors (Lipinski definition) is 10. The zero-order valence-electron chi connectivity index (χ0n) is 34.5. The molecule has 1 fully saturated rings. The second-order valence-corrected chi connectivity index (χ2v) is 16.0. The molecule has 0 aromatic carbocycles. The summed E-state index contributed by atoms with van der Waals surface area (Å²) in [4.78, 5) is 99.2. The van der Waals surface area contributed by atoms with Crippen LogP contribution in [0.25, 0.3) is 11.2 Å². The van der Waals surface area contributed by atoms with Gasteiger partial charge in [-0.15, -0.1) is 0 Å². The number of carboxylic acid groups (broad SMARTS) is 3. The smallest absolute Gasteiger partial charge is 0.480 e. The Kier molecular flexibility index (Phi) is 23.7. The van der Waals surface area contributed by atoms with Gasteiger partial charge < -0.3 is 66.5 Å². The normalized spacial score (nSPS) is 18.6. The molecule has 1 unspecified atom stereocenters. The number of phosphoric ester groups is 1. The van der Waals surface area contributed by atoms with Gasteiger partial charge in [-0.3, -0.25) is 42.9 Å². The predicted octanol–water partition coefficient (Wildman–Crippen LogP) is -1.67. The van der Waals surface area contributed by atoms with Crippen molar-refractivity contribution in [2.24, 2.45) is 16.9 Å². The molecule has 1 aliphatic heterocycles. The third-order valence-electron chi connectivity index (χ3n) is 8.92. The van der Waals surface area contributed by atoms with Crippen molar-refractivity contribution in [3.63, 3.8) is 0 Å². The van der Waals surface area contributed by atoms with E-state index in [9.17, 15) is 48.2 Å². The summed E-state index contributed by atoms with van der Waals surface area (Å²) in [5, 5.41) is 38.4. The molecule has 354 valence electrons.